The summed E-state index contributed by atoms with van der Waals surface area (Å²) in [4.78, 5) is 11.6. The van der Waals surface area contributed by atoms with Crippen LogP contribution >= 0.6 is 15.9 Å². The minimum absolute atomic E-state index is 0.0912. The fourth-order valence-electron chi connectivity index (χ4n) is 1.39. The first kappa shape index (κ1) is 13.4. The maximum atomic E-state index is 11.6. The average Bonchev–Trinajstić information content (AvgIpc) is 2.40. The zero-order chi connectivity index (χ0) is 13.7. The maximum absolute atomic E-state index is 11.6. The van der Waals surface area contributed by atoms with E-state index in [0.717, 1.165) is 4.47 Å². The first-order valence-corrected chi connectivity index (χ1v) is 6.31. The third-order valence-electron chi connectivity index (χ3n) is 2.27. The van der Waals surface area contributed by atoms with E-state index in [2.05, 4.69) is 21.2 Å². The molecule has 1 aromatic carbocycles. The van der Waals surface area contributed by atoms with Crippen LogP contribution in [0.15, 0.2) is 53.1 Å². The first-order chi connectivity index (χ1) is 9.15. The minimum Gasteiger partial charge on any atom is -0.616 e. The van der Waals surface area contributed by atoms with Gasteiger partial charge in [-0.2, -0.15) is 0 Å². The average molecular weight is 323 g/mol. The monoisotopic (exact) mass is 322 g/mol. The van der Waals surface area contributed by atoms with Crippen LogP contribution in [-0.2, 0) is 4.79 Å². The second-order valence-electron chi connectivity index (χ2n) is 3.71. The Bertz CT molecular complexity index is 572. The van der Waals surface area contributed by atoms with Gasteiger partial charge in [-0.15, -0.1) is 4.73 Å². The van der Waals surface area contributed by atoms with Crippen molar-refractivity contribution in [3.8, 4) is 5.88 Å². The molecule has 0 saturated carbocycles. The van der Waals surface area contributed by atoms with Crippen LogP contribution in [0.4, 0.5) is 5.69 Å². The number of benzene rings is 1. The van der Waals surface area contributed by atoms with E-state index in [1.54, 1.807) is 24.3 Å². The fraction of sp³-hybridized carbons (Fsp3) is 0.0769. The van der Waals surface area contributed by atoms with Crippen LogP contribution in [0.25, 0.3) is 0 Å². The van der Waals surface area contributed by atoms with Gasteiger partial charge in [0.15, 0.2) is 12.8 Å². The molecule has 0 aliphatic rings. The molecule has 1 aromatic heterocycles. The molecule has 0 saturated heterocycles. The van der Waals surface area contributed by atoms with E-state index in [1.807, 2.05) is 12.1 Å². The van der Waals surface area contributed by atoms with Crippen LogP contribution in [0.1, 0.15) is 0 Å². The number of hydrogen-bond acceptors (Lipinski definition) is 3. The molecule has 0 aliphatic carbocycles. The number of halogens is 1. The summed E-state index contributed by atoms with van der Waals surface area (Å²) in [6.07, 6.45) is 1.31. The van der Waals surface area contributed by atoms with E-state index < -0.39 is 0 Å². The summed E-state index contributed by atoms with van der Waals surface area (Å²) in [5, 5.41) is 13.9. The molecule has 2 aromatic rings. The van der Waals surface area contributed by atoms with Gasteiger partial charge in [0.2, 0.25) is 0 Å². The first-order valence-electron chi connectivity index (χ1n) is 5.51. The smallest absolute Gasteiger partial charge is 0.379 e. The highest BCUT2D eigenvalue weighted by molar-refractivity contribution is 9.10. The van der Waals surface area contributed by atoms with E-state index in [9.17, 15) is 10.0 Å². The molecule has 0 radical (unpaired) electrons. The van der Waals surface area contributed by atoms with Crippen LogP contribution in [-0.4, -0.2) is 12.5 Å². The topological polar surface area (TPSA) is 65.3 Å². The molecule has 1 heterocycles. The van der Waals surface area contributed by atoms with Crippen LogP contribution in [0.5, 0.6) is 5.88 Å². The summed E-state index contributed by atoms with van der Waals surface area (Å²) < 4.78 is 6.62. The van der Waals surface area contributed by atoms with Gasteiger partial charge in [0, 0.05) is 16.2 Å². The molecule has 1 N–H and O–H groups in total. The normalized spacial score (nSPS) is 9.95. The summed E-state index contributed by atoms with van der Waals surface area (Å²) in [6.45, 7) is -0.220. The van der Waals surface area contributed by atoms with Crippen molar-refractivity contribution in [1.82, 2.24) is 0 Å². The summed E-state index contributed by atoms with van der Waals surface area (Å²) in [5.41, 5.74) is 0.667. The van der Waals surface area contributed by atoms with Crippen molar-refractivity contribution in [3.05, 3.63) is 58.3 Å². The molecular weight excluding hydrogens is 312 g/mol. The van der Waals surface area contributed by atoms with Gasteiger partial charge in [0.25, 0.3) is 5.91 Å². The van der Waals surface area contributed by atoms with Crippen LogP contribution in [0, 0.1) is 5.21 Å². The number of rotatable bonds is 4. The number of hydrogen-bond donors (Lipinski definition) is 1. The number of pyridine rings is 1. The van der Waals surface area contributed by atoms with Crippen LogP contribution in [0.2, 0.25) is 0 Å². The summed E-state index contributed by atoms with van der Waals surface area (Å²) in [6, 6.07) is 11.9. The van der Waals surface area contributed by atoms with Gasteiger partial charge >= 0.3 is 5.88 Å². The maximum Gasteiger partial charge on any atom is 0.379 e. The minimum atomic E-state index is -0.328. The van der Waals surface area contributed by atoms with Crippen molar-refractivity contribution >= 4 is 27.5 Å². The van der Waals surface area contributed by atoms with E-state index in [1.165, 1.54) is 12.3 Å². The quantitative estimate of drug-likeness (QED) is 0.692. The van der Waals surface area contributed by atoms with Crippen LogP contribution < -0.4 is 14.8 Å². The van der Waals surface area contributed by atoms with E-state index in [4.69, 9.17) is 4.74 Å². The molecule has 0 fully saturated rings. The number of carbonyl (C=O) groups excluding carboxylic acids is 1. The number of nitrogens with one attached hydrogen (secondary N) is 1. The van der Waals surface area contributed by atoms with Gasteiger partial charge in [-0.3, -0.25) is 4.79 Å². The molecule has 0 atom stereocenters. The van der Waals surface area contributed by atoms with Gasteiger partial charge in [0.05, 0.1) is 6.07 Å². The number of anilines is 1. The Labute approximate surface area is 118 Å². The lowest BCUT2D eigenvalue weighted by Crippen LogP contribution is -2.30. The summed E-state index contributed by atoms with van der Waals surface area (Å²) >= 11 is 3.31. The third kappa shape index (κ3) is 3.96. The van der Waals surface area contributed by atoms with Gasteiger partial charge < -0.3 is 15.3 Å². The largest absolute Gasteiger partial charge is 0.616 e. The predicted molar refractivity (Wildman–Crippen MR) is 73.7 cm³/mol. The second-order valence-corrected chi connectivity index (χ2v) is 4.62. The van der Waals surface area contributed by atoms with E-state index in [0.29, 0.717) is 10.4 Å². The molecule has 98 valence electrons. The molecule has 6 heteroatoms. The summed E-state index contributed by atoms with van der Waals surface area (Å²) in [5.74, 6) is -0.236. The highest BCUT2D eigenvalue weighted by Crippen LogP contribution is 2.13. The van der Waals surface area contributed by atoms with Crippen molar-refractivity contribution in [1.29, 1.82) is 0 Å². The SMILES string of the molecule is O=C(COc1cccc[n+]1[O-])Nc1ccc(Br)cc1. The molecular formula is C13H11BrN2O3. The van der Waals surface area contributed by atoms with Crippen molar-refractivity contribution in [3.63, 3.8) is 0 Å². The molecule has 0 aliphatic heterocycles. The highest BCUT2D eigenvalue weighted by atomic mass is 79.9. The Hall–Kier alpha value is -2.08. The lowest BCUT2D eigenvalue weighted by atomic mass is 10.3. The molecule has 0 unspecified atom stereocenters. The van der Waals surface area contributed by atoms with Crippen molar-refractivity contribution < 1.29 is 14.3 Å². The third-order valence-corrected chi connectivity index (χ3v) is 2.80. The Balaban J connectivity index is 1.88. The van der Waals surface area contributed by atoms with Gasteiger partial charge in [-0.05, 0) is 30.3 Å². The standard InChI is InChI=1S/C13H11BrN2O3/c14-10-4-6-11(7-5-10)15-12(17)9-19-13-3-1-2-8-16(13)18/h1-8H,9H2,(H,15,17). The zero-order valence-electron chi connectivity index (χ0n) is 9.88. The summed E-state index contributed by atoms with van der Waals surface area (Å²) in [7, 11) is 0. The molecule has 5 nitrogen and oxygen atoms in total. The number of nitrogens with zero attached hydrogens (tertiary/aromatic N) is 1. The predicted octanol–water partition coefficient (Wildman–Crippen LogP) is 2.10. The molecule has 2 rings (SSSR count). The van der Waals surface area contributed by atoms with Crippen molar-refractivity contribution in [2.24, 2.45) is 0 Å². The lowest BCUT2D eigenvalue weighted by Gasteiger charge is -2.07. The lowest BCUT2D eigenvalue weighted by molar-refractivity contribution is -0.612. The Morgan fingerprint density at radius 2 is 2.00 bits per heavy atom. The highest BCUT2D eigenvalue weighted by Gasteiger charge is 2.08. The van der Waals surface area contributed by atoms with Crippen molar-refractivity contribution in [2.45, 2.75) is 0 Å². The second kappa shape index (κ2) is 6.19. The van der Waals surface area contributed by atoms with Gasteiger partial charge in [-0.1, -0.05) is 15.9 Å². The zero-order valence-corrected chi connectivity index (χ0v) is 11.5. The molecule has 0 bridgehead atoms. The van der Waals surface area contributed by atoms with E-state index in [-0.39, 0.29) is 18.4 Å². The number of carbonyl (C=O) groups is 1. The number of ether oxygens (including phenoxy) is 1. The Morgan fingerprint density at radius 1 is 1.26 bits per heavy atom. The van der Waals surface area contributed by atoms with Crippen molar-refractivity contribution in [2.75, 3.05) is 11.9 Å². The Morgan fingerprint density at radius 3 is 2.68 bits per heavy atom. The Kier molecular flexibility index (Phi) is 4.35. The molecule has 1 amide bonds. The fourth-order valence-corrected chi connectivity index (χ4v) is 1.66. The van der Waals surface area contributed by atoms with Gasteiger partial charge in [0.1, 0.15) is 0 Å². The molecule has 0 spiro atoms. The van der Waals surface area contributed by atoms with Crippen LogP contribution in [0.3, 0.4) is 0 Å². The number of amides is 1. The van der Waals surface area contributed by atoms with Gasteiger partial charge in [-0.25, -0.2) is 0 Å². The van der Waals surface area contributed by atoms with E-state index >= 15 is 0 Å². The molecule has 19 heavy (non-hydrogen) atoms. The number of aromatic nitrogens is 1.